The molecular formula is C16H19ClN2O2. The predicted molar refractivity (Wildman–Crippen MR) is 85.7 cm³/mol. The summed E-state index contributed by atoms with van der Waals surface area (Å²) in [5.74, 6) is 0. The highest BCUT2D eigenvalue weighted by Crippen LogP contribution is 2.11. The van der Waals surface area contributed by atoms with E-state index >= 15 is 0 Å². The van der Waals surface area contributed by atoms with Gasteiger partial charge in [0.1, 0.15) is 5.15 Å². The van der Waals surface area contributed by atoms with E-state index in [1.165, 1.54) is 5.56 Å². The zero-order chi connectivity index (χ0) is 15.4. The van der Waals surface area contributed by atoms with Crippen molar-refractivity contribution in [3.05, 3.63) is 61.4 Å². The van der Waals surface area contributed by atoms with Crippen LogP contribution in [0.2, 0.25) is 5.15 Å². The zero-order valence-corrected chi connectivity index (χ0v) is 13.0. The smallest absolute Gasteiger partial charge is 0.297 e. The van der Waals surface area contributed by atoms with Crippen molar-refractivity contribution in [3.63, 3.8) is 0 Å². The second kappa shape index (κ2) is 6.76. The number of aromatic amines is 1. The molecule has 0 spiro atoms. The highest BCUT2D eigenvalue weighted by Gasteiger charge is 2.13. The van der Waals surface area contributed by atoms with E-state index in [0.717, 1.165) is 23.8 Å². The Morgan fingerprint density at radius 1 is 1.05 bits per heavy atom. The van der Waals surface area contributed by atoms with Crippen LogP contribution >= 0.6 is 11.6 Å². The van der Waals surface area contributed by atoms with Crippen LogP contribution in [0.25, 0.3) is 5.69 Å². The fraction of sp³-hybridized carbons (Fsp3) is 0.375. The van der Waals surface area contributed by atoms with Gasteiger partial charge in [-0.25, -0.2) is 9.36 Å². The summed E-state index contributed by atoms with van der Waals surface area (Å²) < 4.78 is 1.15. The summed E-state index contributed by atoms with van der Waals surface area (Å²) in [5, 5.41) is 0.144. The number of H-pyrrole nitrogens is 1. The summed E-state index contributed by atoms with van der Waals surface area (Å²) in [4.78, 5) is 27.1. The lowest BCUT2D eigenvalue weighted by atomic mass is 10.1. The number of nitrogens with zero attached hydrogens (tertiary/aromatic N) is 1. The van der Waals surface area contributed by atoms with Gasteiger partial charge in [0.05, 0.1) is 11.3 Å². The van der Waals surface area contributed by atoms with Crippen molar-refractivity contribution < 1.29 is 0 Å². The Labute approximate surface area is 128 Å². The molecule has 1 aromatic carbocycles. The van der Waals surface area contributed by atoms with Crippen LogP contribution in [0.4, 0.5) is 0 Å². The Kier molecular flexibility index (Phi) is 5.02. The van der Waals surface area contributed by atoms with Crippen molar-refractivity contribution in [2.24, 2.45) is 0 Å². The average molecular weight is 307 g/mol. The van der Waals surface area contributed by atoms with Gasteiger partial charge in [-0.1, -0.05) is 50.4 Å². The number of hydrogen-bond acceptors (Lipinski definition) is 2. The standard InChI is InChI=1S/C16H19ClN2O2/c1-3-5-11-7-9-12(10-8-11)19-15(20)13(6-4-2)14(17)18-16(19)21/h7-10H,3-6H2,1-2H3,(H,18,21). The van der Waals surface area contributed by atoms with E-state index in [0.29, 0.717) is 17.7 Å². The molecule has 2 rings (SSSR count). The van der Waals surface area contributed by atoms with E-state index < -0.39 is 5.69 Å². The summed E-state index contributed by atoms with van der Waals surface area (Å²) in [6.07, 6.45) is 3.37. The summed E-state index contributed by atoms with van der Waals surface area (Å²) in [6.45, 7) is 4.07. The van der Waals surface area contributed by atoms with Crippen molar-refractivity contribution in [3.8, 4) is 5.69 Å². The molecule has 0 radical (unpaired) electrons. The minimum atomic E-state index is -0.506. The van der Waals surface area contributed by atoms with Gasteiger partial charge >= 0.3 is 5.69 Å². The highest BCUT2D eigenvalue weighted by molar-refractivity contribution is 6.30. The molecule has 0 amide bonds. The Morgan fingerprint density at radius 2 is 1.67 bits per heavy atom. The number of rotatable bonds is 5. The summed E-state index contributed by atoms with van der Waals surface area (Å²) >= 11 is 5.97. The van der Waals surface area contributed by atoms with E-state index in [4.69, 9.17) is 11.6 Å². The first-order chi connectivity index (χ1) is 10.1. The first-order valence-electron chi connectivity index (χ1n) is 7.21. The second-order valence-electron chi connectivity index (χ2n) is 5.03. The first kappa shape index (κ1) is 15.6. The van der Waals surface area contributed by atoms with Gasteiger partial charge in [-0.15, -0.1) is 0 Å². The molecule has 4 nitrogen and oxygen atoms in total. The Hall–Kier alpha value is -1.81. The molecule has 5 heteroatoms. The van der Waals surface area contributed by atoms with Crippen LogP contribution in [-0.4, -0.2) is 9.55 Å². The molecule has 0 fully saturated rings. The second-order valence-corrected chi connectivity index (χ2v) is 5.41. The average Bonchev–Trinajstić information content (AvgIpc) is 2.45. The number of hydrogen-bond donors (Lipinski definition) is 1. The van der Waals surface area contributed by atoms with Crippen molar-refractivity contribution in [1.29, 1.82) is 0 Å². The number of aryl methyl sites for hydroxylation is 1. The normalized spacial score (nSPS) is 10.8. The first-order valence-corrected chi connectivity index (χ1v) is 7.59. The summed E-state index contributed by atoms with van der Waals surface area (Å²) in [6, 6.07) is 7.48. The van der Waals surface area contributed by atoms with E-state index in [1.54, 1.807) is 12.1 Å². The summed E-state index contributed by atoms with van der Waals surface area (Å²) in [7, 11) is 0. The molecule has 0 bridgehead atoms. The van der Waals surface area contributed by atoms with Gasteiger partial charge in [0.25, 0.3) is 5.56 Å². The fourth-order valence-corrected chi connectivity index (χ4v) is 2.60. The molecule has 2 aromatic rings. The minimum Gasteiger partial charge on any atom is -0.297 e. The fourth-order valence-electron chi connectivity index (χ4n) is 2.35. The van der Waals surface area contributed by atoms with Crippen LogP contribution in [0.15, 0.2) is 33.9 Å². The van der Waals surface area contributed by atoms with E-state index in [2.05, 4.69) is 11.9 Å². The molecule has 0 aliphatic rings. The Balaban J connectivity index is 2.55. The number of benzene rings is 1. The van der Waals surface area contributed by atoms with Gasteiger partial charge in [-0.05, 0) is 30.5 Å². The third kappa shape index (κ3) is 3.27. The van der Waals surface area contributed by atoms with Crippen LogP contribution in [0, 0.1) is 0 Å². The third-order valence-corrected chi connectivity index (χ3v) is 3.70. The quantitative estimate of drug-likeness (QED) is 0.863. The van der Waals surface area contributed by atoms with Gasteiger partial charge in [-0.3, -0.25) is 9.78 Å². The summed E-state index contributed by atoms with van der Waals surface area (Å²) in [5.41, 5.74) is 1.36. The van der Waals surface area contributed by atoms with Crippen LogP contribution < -0.4 is 11.2 Å². The topological polar surface area (TPSA) is 54.9 Å². The molecule has 21 heavy (non-hydrogen) atoms. The Bertz CT molecular complexity index is 729. The van der Waals surface area contributed by atoms with Gasteiger partial charge in [0.15, 0.2) is 0 Å². The molecule has 112 valence electrons. The lowest BCUT2D eigenvalue weighted by Gasteiger charge is -2.09. The maximum Gasteiger partial charge on any atom is 0.334 e. The monoisotopic (exact) mass is 306 g/mol. The van der Waals surface area contributed by atoms with Crippen LogP contribution in [0.3, 0.4) is 0 Å². The molecule has 0 aliphatic carbocycles. The maximum absolute atomic E-state index is 12.5. The number of aromatic nitrogens is 2. The number of nitrogens with one attached hydrogen (secondary N) is 1. The van der Waals surface area contributed by atoms with E-state index in [9.17, 15) is 9.59 Å². The van der Waals surface area contributed by atoms with Crippen LogP contribution in [0.1, 0.15) is 37.8 Å². The lowest BCUT2D eigenvalue weighted by Crippen LogP contribution is -2.36. The van der Waals surface area contributed by atoms with Crippen LogP contribution in [0.5, 0.6) is 0 Å². The molecule has 1 N–H and O–H groups in total. The molecule has 0 unspecified atom stereocenters. The SMILES string of the molecule is CCCc1ccc(-n2c(=O)[nH]c(Cl)c(CCC)c2=O)cc1. The predicted octanol–water partition coefficient (Wildman–Crippen LogP) is 3.08. The highest BCUT2D eigenvalue weighted by atomic mass is 35.5. The van der Waals surface area contributed by atoms with Gasteiger partial charge < -0.3 is 0 Å². The minimum absolute atomic E-state index is 0.144. The van der Waals surface area contributed by atoms with E-state index in [1.807, 2.05) is 19.1 Å². The molecule has 1 heterocycles. The van der Waals surface area contributed by atoms with Gasteiger partial charge in [0, 0.05) is 0 Å². The molecule has 0 saturated carbocycles. The molecule has 0 saturated heterocycles. The zero-order valence-electron chi connectivity index (χ0n) is 12.3. The Morgan fingerprint density at radius 3 is 2.24 bits per heavy atom. The lowest BCUT2D eigenvalue weighted by molar-refractivity contribution is 0.811. The largest absolute Gasteiger partial charge is 0.334 e. The van der Waals surface area contributed by atoms with E-state index in [-0.39, 0.29) is 10.7 Å². The maximum atomic E-state index is 12.5. The molecular weight excluding hydrogens is 288 g/mol. The van der Waals surface area contributed by atoms with Gasteiger partial charge in [-0.2, -0.15) is 0 Å². The number of halogens is 1. The molecule has 0 aliphatic heterocycles. The third-order valence-electron chi connectivity index (χ3n) is 3.38. The van der Waals surface area contributed by atoms with Crippen molar-refractivity contribution in [2.75, 3.05) is 0 Å². The van der Waals surface area contributed by atoms with Crippen molar-refractivity contribution in [1.82, 2.24) is 9.55 Å². The molecule has 1 aromatic heterocycles. The van der Waals surface area contributed by atoms with Crippen molar-refractivity contribution >= 4 is 11.6 Å². The van der Waals surface area contributed by atoms with Crippen molar-refractivity contribution in [2.45, 2.75) is 39.5 Å². The van der Waals surface area contributed by atoms with Gasteiger partial charge in [0.2, 0.25) is 0 Å². The van der Waals surface area contributed by atoms with Crippen LogP contribution in [-0.2, 0) is 12.8 Å². The molecule has 0 atom stereocenters.